The molecule has 2 aliphatic heterocycles. The van der Waals surface area contributed by atoms with Crippen molar-refractivity contribution in [1.29, 1.82) is 0 Å². The summed E-state index contributed by atoms with van der Waals surface area (Å²) in [5, 5.41) is 2.16. The highest BCUT2D eigenvalue weighted by atomic mass is 32.1. The fourth-order valence-electron chi connectivity index (χ4n) is 3.83. The van der Waals surface area contributed by atoms with Crippen LogP contribution >= 0.6 is 11.3 Å². The fraction of sp³-hybridized carbons (Fsp3) is 0.579. The standard InChI is InChI=1S/C19H26N4O2S/c1-15-4-7-26-18(15)11-21-9-16-8-20-14-23(16)17(10-21)12-25-13-19(24)22-5-2-3-6-22/h4,7-8,14,17H,2-3,5-6,9-13H2,1H3. The summed E-state index contributed by atoms with van der Waals surface area (Å²) in [5.74, 6) is 0.121. The second-order valence-electron chi connectivity index (χ2n) is 7.25. The van der Waals surface area contributed by atoms with E-state index in [1.54, 1.807) is 0 Å². The lowest BCUT2D eigenvalue weighted by molar-refractivity contribution is -0.135. The van der Waals surface area contributed by atoms with E-state index < -0.39 is 0 Å². The van der Waals surface area contributed by atoms with E-state index in [0.717, 1.165) is 45.6 Å². The topological polar surface area (TPSA) is 50.6 Å². The largest absolute Gasteiger partial charge is 0.369 e. The number of amides is 1. The predicted octanol–water partition coefficient (Wildman–Crippen LogP) is 2.45. The Kier molecular flexibility index (Phi) is 5.38. The van der Waals surface area contributed by atoms with Crippen molar-refractivity contribution >= 4 is 17.2 Å². The third kappa shape index (κ3) is 3.84. The van der Waals surface area contributed by atoms with Crippen LogP contribution in [0.15, 0.2) is 24.0 Å². The van der Waals surface area contributed by atoms with Crippen molar-refractivity contribution < 1.29 is 9.53 Å². The first-order valence-electron chi connectivity index (χ1n) is 9.32. The van der Waals surface area contributed by atoms with Crippen LogP contribution in [-0.2, 0) is 22.6 Å². The molecule has 1 unspecified atom stereocenters. The summed E-state index contributed by atoms with van der Waals surface area (Å²) < 4.78 is 8.02. The number of aryl methyl sites for hydroxylation is 1. The minimum atomic E-state index is 0.121. The number of imidazole rings is 1. The molecular formula is C19H26N4O2S. The molecule has 0 aromatic carbocycles. The Morgan fingerprint density at radius 2 is 2.23 bits per heavy atom. The molecule has 6 nitrogen and oxygen atoms in total. The van der Waals surface area contributed by atoms with Gasteiger partial charge in [0.15, 0.2) is 0 Å². The van der Waals surface area contributed by atoms with E-state index in [4.69, 9.17) is 4.74 Å². The number of likely N-dealkylation sites (tertiary alicyclic amines) is 1. The number of carbonyl (C=O) groups is 1. The third-order valence-corrected chi connectivity index (χ3v) is 6.33. The molecule has 0 N–H and O–H groups in total. The summed E-state index contributed by atoms with van der Waals surface area (Å²) in [6.45, 7) is 7.44. The van der Waals surface area contributed by atoms with E-state index in [2.05, 4.69) is 32.8 Å². The van der Waals surface area contributed by atoms with Gasteiger partial charge in [0.2, 0.25) is 5.91 Å². The van der Waals surface area contributed by atoms with Crippen molar-refractivity contribution in [2.45, 2.75) is 38.9 Å². The molecule has 140 valence electrons. The lowest BCUT2D eigenvalue weighted by atomic mass is 10.2. The molecule has 0 bridgehead atoms. The number of nitrogens with zero attached hydrogens (tertiary/aromatic N) is 4. The second kappa shape index (κ2) is 7.90. The quantitative estimate of drug-likeness (QED) is 0.779. The van der Waals surface area contributed by atoms with Crippen molar-refractivity contribution in [2.75, 3.05) is 32.8 Å². The molecule has 0 saturated carbocycles. The number of rotatable bonds is 6. The van der Waals surface area contributed by atoms with E-state index in [-0.39, 0.29) is 18.6 Å². The number of thiophene rings is 1. The van der Waals surface area contributed by atoms with E-state index in [1.807, 2.05) is 28.8 Å². The van der Waals surface area contributed by atoms with Gasteiger partial charge in [-0.05, 0) is 36.8 Å². The molecule has 4 heterocycles. The lowest BCUT2D eigenvalue weighted by Crippen LogP contribution is -2.39. The van der Waals surface area contributed by atoms with Gasteiger partial charge in [-0.3, -0.25) is 9.69 Å². The summed E-state index contributed by atoms with van der Waals surface area (Å²) >= 11 is 1.82. The summed E-state index contributed by atoms with van der Waals surface area (Å²) in [7, 11) is 0. The zero-order valence-corrected chi connectivity index (χ0v) is 16.1. The van der Waals surface area contributed by atoms with Gasteiger partial charge < -0.3 is 14.2 Å². The predicted molar refractivity (Wildman–Crippen MR) is 101 cm³/mol. The Hall–Kier alpha value is -1.70. The van der Waals surface area contributed by atoms with Crippen LogP contribution in [0.5, 0.6) is 0 Å². The van der Waals surface area contributed by atoms with Gasteiger partial charge in [-0.2, -0.15) is 0 Å². The number of carbonyl (C=O) groups excluding carboxylic acids is 1. The molecule has 1 saturated heterocycles. The van der Waals surface area contributed by atoms with E-state index in [1.165, 1.54) is 16.1 Å². The highest BCUT2D eigenvalue weighted by Gasteiger charge is 2.26. The summed E-state index contributed by atoms with van der Waals surface area (Å²) in [4.78, 5) is 22.3. The van der Waals surface area contributed by atoms with Gasteiger partial charge in [-0.15, -0.1) is 11.3 Å². The highest BCUT2D eigenvalue weighted by Crippen LogP contribution is 2.25. The van der Waals surface area contributed by atoms with Gasteiger partial charge in [0, 0.05) is 43.8 Å². The van der Waals surface area contributed by atoms with Gasteiger partial charge in [0.05, 0.1) is 24.7 Å². The highest BCUT2D eigenvalue weighted by molar-refractivity contribution is 7.10. The molecule has 7 heteroatoms. The number of aromatic nitrogens is 2. The molecule has 2 aliphatic rings. The average Bonchev–Trinajstić information content (AvgIpc) is 3.37. The van der Waals surface area contributed by atoms with E-state index in [9.17, 15) is 4.79 Å². The summed E-state index contributed by atoms with van der Waals surface area (Å²) in [6, 6.07) is 2.38. The average molecular weight is 375 g/mol. The third-order valence-electron chi connectivity index (χ3n) is 5.32. The summed E-state index contributed by atoms with van der Waals surface area (Å²) in [5.41, 5.74) is 2.57. The number of ether oxygens (including phenoxy) is 1. The SMILES string of the molecule is Cc1ccsc1CN1Cc2cncn2C(COCC(=O)N2CCCC2)C1. The maximum absolute atomic E-state index is 12.2. The minimum absolute atomic E-state index is 0.121. The minimum Gasteiger partial charge on any atom is -0.369 e. The molecule has 0 aliphatic carbocycles. The molecule has 26 heavy (non-hydrogen) atoms. The Labute approximate surface area is 158 Å². The van der Waals surface area contributed by atoms with Crippen molar-refractivity contribution in [2.24, 2.45) is 0 Å². The molecule has 2 aromatic rings. The van der Waals surface area contributed by atoms with E-state index in [0.29, 0.717) is 6.61 Å². The van der Waals surface area contributed by atoms with Crippen molar-refractivity contribution in [3.8, 4) is 0 Å². The van der Waals surface area contributed by atoms with E-state index >= 15 is 0 Å². The normalized spacial score (nSPS) is 20.5. The first kappa shape index (κ1) is 17.7. The van der Waals surface area contributed by atoms with Crippen LogP contribution in [0, 0.1) is 6.92 Å². The molecule has 4 rings (SSSR count). The first-order valence-corrected chi connectivity index (χ1v) is 10.2. The van der Waals surface area contributed by atoms with Crippen LogP contribution < -0.4 is 0 Å². The van der Waals surface area contributed by atoms with Crippen LogP contribution in [0.4, 0.5) is 0 Å². The van der Waals surface area contributed by atoms with Crippen molar-refractivity contribution in [3.05, 3.63) is 40.1 Å². The summed E-state index contributed by atoms with van der Waals surface area (Å²) in [6.07, 6.45) is 6.06. The van der Waals surface area contributed by atoms with Gasteiger partial charge >= 0.3 is 0 Å². The molecule has 0 radical (unpaired) electrons. The van der Waals surface area contributed by atoms with Crippen LogP contribution in [0.1, 0.15) is 35.0 Å². The Morgan fingerprint density at radius 3 is 3.00 bits per heavy atom. The van der Waals surface area contributed by atoms with Crippen LogP contribution in [0.2, 0.25) is 0 Å². The number of hydrogen-bond acceptors (Lipinski definition) is 5. The Morgan fingerprint density at radius 1 is 1.38 bits per heavy atom. The first-order chi connectivity index (χ1) is 12.7. The molecule has 1 amide bonds. The van der Waals surface area contributed by atoms with Crippen molar-refractivity contribution in [3.63, 3.8) is 0 Å². The van der Waals surface area contributed by atoms with Crippen LogP contribution in [-0.4, -0.2) is 58.1 Å². The molecular weight excluding hydrogens is 348 g/mol. The molecule has 2 aromatic heterocycles. The zero-order valence-electron chi connectivity index (χ0n) is 15.3. The maximum Gasteiger partial charge on any atom is 0.248 e. The lowest BCUT2D eigenvalue weighted by Gasteiger charge is -2.34. The van der Waals surface area contributed by atoms with Gasteiger partial charge in [0.25, 0.3) is 0 Å². The Bertz CT molecular complexity index is 750. The zero-order chi connectivity index (χ0) is 17.9. The maximum atomic E-state index is 12.2. The smallest absolute Gasteiger partial charge is 0.248 e. The monoisotopic (exact) mass is 374 g/mol. The molecule has 1 fully saturated rings. The molecule has 0 spiro atoms. The van der Waals surface area contributed by atoms with Crippen molar-refractivity contribution in [1.82, 2.24) is 19.4 Å². The second-order valence-corrected chi connectivity index (χ2v) is 8.25. The van der Waals surface area contributed by atoms with Gasteiger partial charge in [-0.1, -0.05) is 0 Å². The number of hydrogen-bond donors (Lipinski definition) is 0. The molecule has 1 atom stereocenters. The Balaban J connectivity index is 1.35. The van der Waals surface area contributed by atoms with Gasteiger partial charge in [-0.25, -0.2) is 4.98 Å². The van der Waals surface area contributed by atoms with Gasteiger partial charge in [0.1, 0.15) is 6.61 Å². The fourth-order valence-corrected chi connectivity index (χ4v) is 4.77. The van der Waals surface area contributed by atoms with Crippen LogP contribution in [0.3, 0.4) is 0 Å². The van der Waals surface area contributed by atoms with Crippen LogP contribution in [0.25, 0.3) is 0 Å². The number of fused-ring (bicyclic) bond motifs is 1.